The third kappa shape index (κ3) is 7.28. The second kappa shape index (κ2) is 12.5. The van der Waals surface area contributed by atoms with Crippen LogP contribution in [0.2, 0.25) is 5.02 Å². The van der Waals surface area contributed by atoms with Crippen molar-refractivity contribution in [2.24, 2.45) is 0 Å². The van der Waals surface area contributed by atoms with Crippen LogP contribution in [0.1, 0.15) is 40.2 Å². The molecule has 5 N–H and O–H groups in total. The van der Waals surface area contributed by atoms with Gasteiger partial charge < -0.3 is 25.8 Å². The number of nitrogens with zero attached hydrogens (tertiary/aromatic N) is 3. The van der Waals surface area contributed by atoms with Crippen LogP contribution >= 0.6 is 11.6 Å². The number of alkyl halides is 3. The predicted octanol–water partition coefficient (Wildman–Crippen LogP) is 4.41. The molecule has 4 rings (SSSR count). The average Bonchev–Trinajstić information content (AvgIpc) is 3.30. The maximum Gasteiger partial charge on any atom is 0.473 e. The number of aromatic nitrogens is 2. The number of carboxylic acids is 1. The SMILES string of the molecule is CC(Cc1ccc2c(c1)cc(C(=O)O)n2Cc1ccc(S(=O)(=O)N(C)C(F)(F)F)cc1)NCC(O)c1cnc(N)c(Cl)c1. The van der Waals surface area contributed by atoms with Gasteiger partial charge >= 0.3 is 12.3 Å². The van der Waals surface area contributed by atoms with Gasteiger partial charge in [0.25, 0.3) is 0 Å². The Morgan fingerprint density at radius 1 is 1.14 bits per heavy atom. The molecular formula is C28H29ClF3N5O5S. The van der Waals surface area contributed by atoms with Gasteiger partial charge in [0, 0.05) is 48.8 Å². The molecule has 10 nitrogen and oxygen atoms in total. The molecule has 230 valence electrons. The molecule has 0 spiro atoms. The summed E-state index contributed by atoms with van der Waals surface area (Å²) in [5.74, 6) is -1.000. The number of carboxylic acid groups (broad SMARTS) is 1. The molecule has 0 radical (unpaired) electrons. The Bertz CT molecular complexity index is 1750. The van der Waals surface area contributed by atoms with Crippen LogP contribution in [0.15, 0.2) is 65.7 Å². The van der Waals surface area contributed by atoms with Crippen LogP contribution in [0, 0.1) is 0 Å². The number of nitrogen functional groups attached to an aromatic ring is 1. The highest BCUT2D eigenvalue weighted by Crippen LogP contribution is 2.28. The van der Waals surface area contributed by atoms with Gasteiger partial charge in [0.15, 0.2) is 0 Å². The van der Waals surface area contributed by atoms with E-state index < -0.39 is 37.6 Å². The fraction of sp³-hybridized carbons (Fsp3) is 0.286. The van der Waals surface area contributed by atoms with Crippen LogP contribution in [-0.2, 0) is 23.0 Å². The van der Waals surface area contributed by atoms with Crippen LogP contribution in [0.25, 0.3) is 10.9 Å². The molecule has 2 aromatic carbocycles. The number of sulfonamides is 1. The average molecular weight is 640 g/mol. The predicted molar refractivity (Wildman–Crippen MR) is 155 cm³/mol. The van der Waals surface area contributed by atoms with E-state index in [1.165, 1.54) is 29.0 Å². The van der Waals surface area contributed by atoms with Gasteiger partial charge in [-0.2, -0.15) is 13.2 Å². The van der Waals surface area contributed by atoms with E-state index in [2.05, 4.69) is 10.3 Å². The van der Waals surface area contributed by atoms with Crippen molar-refractivity contribution in [3.8, 4) is 0 Å². The minimum Gasteiger partial charge on any atom is -0.477 e. The molecule has 0 aliphatic carbocycles. The number of pyridine rings is 1. The Morgan fingerprint density at radius 3 is 2.40 bits per heavy atom. The van der Waals surface area contributed by atoms with Crippen molar-refractivity contribution in [1.82, 2.24) is 19.2 Å². The summed E-state index contributed by atoms with van der Waals surface area (Å²) in [6, 6.07) is 13.3. The second-order valence-electron chi connectivity index (χ2n) is 10.1. The van der Waals surface area contributed by atoms with E-state index in [1.807, 2.05) is 19.1 Å². The van der Waals surface area contributed by atoms with Crippen molar-refractivity contribution in [2.75, 3.05) is 19.3 Å². The summed E-state index contributed by atoms with van der Waals surface area (Å²) in [6.45, 7) is 2.21. The van der Waals surface area contributed by atoms with Crippen molar-refractivity contribution in [3.05, 3.63) is 88.2 Å². The lowest BCUT2D eigenvalue weighted by atomic mass is 10.0. The number of anilines is 1. The number of halogens is 4. The molecule has 0 aliphatic heterocycles. The summed E-state index contributed by atoms with van der Waals surface area (Å²) in [5.41, 5.74) is 8.14. The largest absolute Gasteiger partial charge is 0.477 e. The number of benzene rings is 2. The maximum absolute atomic E-state index is 13.0. The fourth-order valence-corrected chi connectivity index (χ4v) is 5.78. The molecular weight excluding hydrogens is 611 g/mol. The molecule has 2 aromatic heterocycles. The van der Waals surface area contributed by atoms with Crippen molar-refractivity contribution < 1.29 is 36.6 Å². The van der Waals surface area contributed by atoms with Crippen LogP contribution in [0.3, 0.4) is 0 Å². The Labute approximate surface area is 250 Å². The van der Waals surface area contributed by atoms with Gasteiger partial charge in [-0.25, -0.2) is 18.2 Å². The zero-order chi connectivity index (χ0) is 31.7. The molecule has 0 saturated heterocycles. The van der Waals surface area contributed by atoms with Crippen molar-refractivity contribution in [3.63, 3.8) is 0 Å². The van der Waals surface area contributed by atoms with E-state index in [9.17, 15) is 36.6 Å². The molecule has 0 fully saturated rings. The highest BCUT2D eigenvalue weighted by molar-refractivity contribution is 7.89. The first kappa shape index (κ1) is 32.2. The highest BCUT2D eigenvalue weighted by atomic mass is 35.5. The van der Waals surface area contributed by atoms with Gasteiger partial charge in [0.1, 0.15) is 11.5 Å². The molecule has 2 unspecified atom stereocenters. The van der Waals surface area contributed by atoms with Crippen LogP contribution in [0.5, 0.6) is 0 Å². The van der Waals surface area contributed by atoms with E-state index in [4.69, 9.17) is 17.3 Å². The van der Waals surface area contributed by atoms with E-state index in [1.54, 1.807) is 12.1 Å². The van der Waals surface area contributed by atoms with Crippen molar-refractivity contribution in [2.45, 2.75) is 43.2 Å². The van der Waals surface area contributed by atoms with E-state index in [0.29, 0.717) is 35.5 Å². The molecule has 0 amide bonds. The molecule has 15 heteroatoms. The molecule has 43 heavy (non-hydrogen) atoms. The van der Waals surface area contributed by atoms with Crippen molar-refractivity contribution >= 4 is 44.3 Å². The first-order chi connectivity index (χ1) is 20.1. The minimum absolute atomic E-state index is 0.00860. The van der Waals surface area contributed by atoms with Gasteiger partial charge in [-0.3, -0.25) is 0 Å². The maximum atomic E-state index is 13.0. The van der Waals surface area contributed by atoms with Crippen LogP contribution < -0.4 is 11.1 Å². The number of nitrogens with one attached hydrogen (secondary N) is 1. The van der Waals surface area contributed by atoms with E-state index >= 15 is 0 Å². The molecule has 0 bridgehead atoms. The first-order valence-electron chi connectivity index (χ1n) is 12.9. The molecule has 2 atom stereocenters. The van der Waals surface area contributed by atoms with Gasteiger partial charge in [-0.15, -0.1) is 4.31 Å². The van der Waals surface area contributed by atoms with E-state index in [0.717, 1.165) is 17.7 Å². The number of hydrogen-bond acceptors (Lipinski definition) is 7. The Hall–Kier alpha value is -3.69. The number of carbonyl (C=O) groups is 1. The monoisotopic (exact) mass is 639 g/mol. The second-order valence-corrected chi connectivity index (χ2v) is 12.4. The third-order valence-corrected chi connectivity index (χ3v) is 9.04. The summed E-state index contributed by atoms with van der Waals surface area (Å²) in [4.78, 5) is 15.4. The Kier molecular flexibility index (Phi) is 9.37. The van der Waals surface area contributed by atoms with E-state index in [-0.39, 0.29) is 35.7 Å². The zero-order valence-electron chi connectivity index (χ0n) is 23.0. The summed E-state index contributed by atoms with van der Waals surface area (Å²) >= 11 is 5.98. The number of aliphatic hydroxyl groups is 1. The zero-order valence-corrected chi connectivity index (χ0v) is 24.6. The van der Waals surface area contributed by atoms with Gasteiger partial charge in [-0.05, 0) is 60.9 Å². The summed E-state index contributed by atoms with van der Waals surface area (Å²) in [6.07, 6.45) is -3.91. The number of aromatic carboxylic acids is 1. The topological polar surface area (TPSA) is 151 Å². The molecule has 0 aliphatic rings. The standard InChI is InChI=1S/C28H29ClF3N5O5S/c1-16(34-14-25(38)20-11-22(29)26(33)35-13-20)9-18-5-8-23-19(10-18)12-24(27(39)40)37(23)15-17-3-6-21(7-4-17)43(41,42)36(2)28(30,31)32/h3-8,10-13,16,25,34,38H,9,14-15H2,1-2H3,(H2,33,35)(H,39,40). The Morgan fingerprint density at radius 2 is 1.79 bits per heavy atom. The van der Waals surface area contributed by atoms with Gasteiger partial charge in [0.2, 0.25) is 10.0 Å². The Balaban J connectivity index is 1.48. The molecule has 0 saturated carbocycles. The van der Waals surface area contributed by atoms with Crippen LogP contribution in [-0.4, -0.2) is 64.4 Å². The minimum atomic E-state index is -5.07. The summed E-state index contributed by atoms with van der Waals surface area (Å²) < 4.78 is 64.3. The van der Waals surface area contributed by atoms with Gasteiger partial charge in [-0.1, -0.05) is 29.8 Å². The first-order valence-corrected chi connectivity index (χ1v) is 14.7. The fourth-order valence-electron chi connectivity index (χ4n) is 4.54. The lowest BCUT2D eigenvalue weighted by Gasteiger charge is -2.20. The number of aliphatic hydroxyl groups excluding tert-OH is 1. The normalized spacial score (nSPS) is 13.9. The lowest BCUT2D eigenvalue weighted by Crippen LogP contribution is -2.39. The van der Waals surface area contributed by atoms with Crippen molar-refractivity contribution in [1.29, 1.82) is 0 Å². The molecule has 2 heterocycles. The number of nitrogens with two attached hydrogens (primary N) is 1. The lowest BCUT2D eigenvalue weighted by molar-refractivity contribution is -0.202. The number of rotatable bonds is 11. The van der Waals surface area contributed by atoms with Gasteiger partial charge in [0.05, 0.1) is 16.0 Å². The number of fused-ring (bicyclic) bond motifs is 1. The molecule has 4 aromatic rings. The smallest absolute Gasteiger partial charge is 0.473 e. The highest BCUT2D eigenvalue weighted by Gasteiger charge is 2.43. The third-order valence-electron chi connectivity index (χ3n) is 6.94. The quantitative estimate of drug-likeness (QED) is 0.176. The van der Waals surface area contributed by atoms with Crippen LogP contribution in [0.4, 0.5) is 19.0 Å². The summed E-state index contributed by atoms with van der Waals surface area (Å²) in [7, 11) is -4.37. The number of hydrogen-bond donors (Lipinski definition) is 4. The summed E-state index contributed by atoms with van der Waals surface area (Å²) in [5, 5.41) is 24.5.